The van der Waals surface area contributed by atoms with Crippen LogP contribution in [0.2, 0.25) is 0 Å². The third-order valence-electron chi connectivity index (χ3n) is 4.70. The van der Waals surface area contributed by atoms with E-state index in [0.29, 0.717) is 22.8 Å². The van der Waals surface area contributed by atoms with Crippen LogP contribution in [0.4, 0.5) is 0 Å². The molecule has 0 unspecified atom stereocenters. The number of carbonyl (C=O) groups excluding carboxylic acids is 1. The lowest BCUT2D eigenvalue weighted by Crippen LogP contribution is -2.17. The Labute approximate surface area is 177 Å². The molecule has 1 aliphatic heterocycles. The zero-order valence-electron chi connectivity index (χ0n) is 16.3. The molecule has 1 N–H and O–H groups in total. The third-order valence-corrected chi connectivity index (χ3v) is 4.70. The number of amides is 1. The van der Waals surface area contributed by atoms with Crippen LogP contribution in [0.3, 0.4) is 0 Å². The number of ether oxygens (including phenoxy) is 2. The van der Waals surface area contributed by atoms with Gasteiger partial charge in [-0.3, -0.25) is 9.78 Å². The molecular weight excluding hydrogens is 394 g/mol. The number of fused-ring (bicyclic) bond motifs is 1. The molecule has 8 heteroatoms. The highest BCUT2D eigenvalue weighted by Gasteiger charge is 2.16. The van der Waals surface area contributed by atoms with Crippen LogP contribution in [0, 0.1) is 0 Å². The van der Waals surface area contributed by atoms with Gasteiger partial charge in [-0.1, -0.05) is 18.2 Å². The van der Waals surface area contributed by atoms with E-state index >= 15 is 0 Å². The Balaban J connectivity index is 1.40. The van der Waals surface area contributed by atoms with Gasteiger partial charge in [0.15, 0.2) is 11.5 Å². The fourth-order valence-electron chi connectivity index (χ4n) is 3.18. The zero-order chi connectivity index (χ0) is 21.0. The second-order valence-electron chi connectivity index (χ2n) is 6.72. The minimum Gasteiger partial charge on any atom is -0.454 e. The van der Waals surface area contributed by atoms with Gasteiger partial charge in [0.05, 0.1) is 11.9 Å². The van der Waals surface area contributed by atoms with Crippen molar-refractivity contribution >= 4 is 12.1 Å². The lowest BCUT2D eigenvalue weighted by Gasteiger charge is -2.01. The highest BCUT2D eigenvalue weighted by molar-refractivity contribution is 5.96. The van der Waals surface area contributed by atoms with E-state index in [0.717, 1.165) is 16.8 Å². The summed E-state index contributed by atoms with van der Waals surface area (Å²) in [5, 5.41) is 8.82. The number of rotatable bonds is 5. The van der Waals surface area contributed by atoms with E-state index in [-0.39, 0.29) is 12.7 Å². The number of hydrogen-bond donors (Lipinski definition) is 1. The van der Waals surface area contributed by atoms with Gasteiger partial charge in [-0.2, -0.15) is 10.2 Å². The summed E-state index contributed by atoms with van der Waals surface area (Å²) in [6.07, 6.45) is 6.87. The van der Waals surface area contributed by atoms with Crippen molar-refractivity contribution < 1.29 is 14.3 Å². The summed E-state index contributed by atoms with van der Waals surface area (Å²) in [6.45, 7) is 0.154. The Hall–Kier alpha value is -4.46. The molecule has 1 aliphatic rings. The van der Waals surface area contributed by atoms with E-state index in [1.54, 1.807) is 41.5 Å². The Morgan fingerprint density at radius 3 is 2.77 bits per heavy atom. The molecule has 3 heterocycles. The monoisotopic (exact) mass is 411 g/mol. The van der Waals surface area contributed by atoms with Gasteiger partial charge < -0.3 is 9.47 Å². The number of para-hydroxylation sites is 1. The van der Waals surface area contributed by atoms with Crippen molar-refractivity contribution in [3.05, 3.63) is 90.4 Å². The number of carbonyl (C=O) groups is 1. The minimum atomic E-state index is -0.354. The molecule has 0 saturated heterocycles. The SMILES string of the molecule is O=C(N/N=C\c1cn(-c2ccccc2)nc1-c1cccnc1)c1ccc2c(c1)OCO2. The van der Waals surface area contributed by atoms with Gasteiger partial charge in [0.2, 0.25) is 6.79 Å². The molecule has 0 radical (unpaired) electrons. The van der Waals surface area contributed by atoms with Crippen LogP contribution in [0.5, 0.6) is 11.5 Å². The summed E-state index contributed by atoms with van der Waals surface area (Å²) in [5.41, 5.74) is 6.18. The lowest BCUT2D eigenvalue weighted by atomic mass is 10.1. The van der Waals surface area contributed by atoms with Gasteiger partial charge in [0.1, 0.15) is 5.69 Å². The second kappa shape index (κ2) is 8.11. The number of aromatic nitrogens is 3. The molecule has 1 amide bonds. The van der Waals surface area contributed by atoms with Crippen molar-refractivity contribution in [1.29, 1.82) is 0 Å². The molecule has 0 atom stereocenters. The summed E-state index contributed by atoms with van der Waals surface area (Å²) >= 11 is 0. The van der Waals surface area contributed by atoms with E-state index in [4.69, 9.17) is 9.47 Å². The Bertz CT molecular complexity index is 1250. The van der Waals surface area contributed by atoms with Crippen LogP contribution in [0.25, 0.3) is 16.9 Å². The normalized spacial score (nSPS) is 12.3. The molecule has 2 aromatic carbocycles. The molecule has 8 nitrogen and oxygen atoms in total. The maximum atomic E-state index is 12.5. The largest absolute Gasteiger partial charge is 0.454 e. The molecule has 0 spiro atoms. The van der Waals surface area contributed by atoms with Gasteiger partial charge in [-0.25, -0.2) is 10.1 Å². The summed E-state index contributed by atoms with van der Waals surface area (Å²) < 4.78 is 12.4. The second-order valence-corrected chi connectivity index (χ2v) is 6.72. The Morgan fingerprint density at radius 1 is 1.06 bits per heavy atom. The van der Waals surface area contributed by atoms with Crippen molar-refractivity contribution in [3.63, 3.8) is 0 Å². The molecule has 0 bridgehead atoms. The zero-order valence-corrected chi connectivity index (χ0v) is 16.3. The number of nitrogens with one attached hydrogen (secondary N) is 1. The van der Waals surface area contributed by atoms with Crippen LogP contribution in [0.1, 0.15) is 15.9 Å². The summed E-state index contributed by atoms with van der Waals surface area (Å²) in [4.78, 5) is 16.6. The molecule has 2 aromatic heterocycles. The minimum absolute atomic E-state index is 0.154. The molecule has 0 aliphatic carbocycles. The fourth-order valence-corrected chi connectivity index (χ4v) is 3.18. The van der Waals surface area contributed by atoms with Crippen molar-refractivity contribution in [2.75, 3.05) is 6.79 Å². The average Bonchev–Trinajstić information content (AvgIpc) is 3.47. The third kappa shape index (κ3) is 3.86. The lowest BCUT2D eigenvalue weighted by molar-refractivity contribution is 0.0954. The Morgan fingerprint density at radius 2 is 1.94 bits per heavy atom. The molecule has 0 saturated carbocycles. The van der Waals surface area contributed by atoms with Crippen molar-refractivity contribution in [1.82, 2.24) is 20.2 Å². The number of nitrogens with zero attached hydrogens (tertiary/aromatic N) is 4. The van der Waals surface area contributed by atoms with Gasteiger partial charge in [0.25, 0.3) is 5.91 Å². The standard InChI is InChI=1S/C23H17N5O3/c29-23(16-8-9-20-21(11-16)31-15-30-20)26-25-13-18-14-28(19-6-2-1-3-7-19)27-22(18)17-5-4-10-24-12-17/h1-14H,15H2,(H,26,29)/b25-13-. The van der Waals surface area contributed by atoms with Crippen molar-refractivity contribution in [2.45, 2.75) is 0 Å². The van der Waals surface area contributed by atoms with Gasteiger partial charge in [-0.05, 0) is 42.5 Å². The first-order valence-electron chi connectivity index (χ1n) is 9.56. The molecule has 0 fully saturated rings. The van der Waals surface area contributed by atoms with Gasteiger partial charge in [-0.15, -0.1) is 0 Å². The van der Waals surface area contributed by atoms with E-state index in [9.17, 15) is 4.79 Å². The smallest absolute Gasteiger partial charge is 0.271 e. The fraction of sp³-hybridized carbons (Fsp3) is 0.0435. The van der Waals surface area contributed by atoms with Crippen molar-refractivity contribution in [3.8, 4) is 28.4 Å². The molecular formula is C23H17N5O3. The maximum absolute atomic E-state index is 12.5. The molecule has 31 heavy (non-hydrogen) atoms. The van der Waals surface area contributed by atoms with E-state index in [1.165, 1.54) is 0 Å². The first-order valence-corrected chi connectivity index (χ1v) is 9.56. The highest BCUT2D eigenvalue weighted by Crippen LogP contribution is 2.32. The molecule has 4 aromatic rings. The topological polar surface area (TPSA) is 90.6 Å². The summed E-state index contributed by atoms with van der Waals surface area (Å²) in [5.74, 6) is 0.807. The van der Waals surface area contributed by atoms with Crippen LogP contribution in [-0.4, -0.2) is 33.7 Å². The van der Waals surface area contributed by atoms with Crippen LogP contribution < -0.4 is 14.9 Å². The van der Waals surface area contributed by atoms with E-state index in [2.05, 4.69) is 20.6 Å². The van der Waals surface area contributed by atoms with Gasteiger partial charge >= 0.3 is 0 Å². The predicted octanol–water partition coefficient (Wildman–Crippen LogP) is 3.43. The number of pyridine rings is 1. The number of hydrogen-bond acceptors (Lipinski definition) is 6. The first-order chi connectivity index (χ1) is 15.3. The summed E-state index contributed by atoms with van der Waals surface area (Å²) in [6, 6.07) is 18.5. The molecule has 152 valence electrons. The predicted molar refractivity (Wildman–Crippen MR) is 114 cm³/mol. The van der Waals surface area contributed by atoms with Crippen LogP contribution >= 0.6 is 0 Å². The Kier molecular flexibility index (Phi) is 4.86. The van der Waals surface area contributed by atoms with Gasteiger partial charge in [0, 0.05) is 35.3 Å². The molecule has 5 rings (SSSR count). The van der Waals surface area contributed by atoms with Crippen LogP contribution in [0.15, 0.2) is 84.4 Å². The van der Waals surface area contributed by atoms with Crippen LogP contribution in [-0.2, 0) is 0 Å². The average molecular weight is 411 g/mol. The van der Waals surface area contributed by atoms with E-state index < -0.39 is 0 Å². The van der Waals surface area contributed by atoms with E-state index in [1.807, 2.05) is 48.7 Å². The maximum Gasteiger partial charge on any atom is 0.271 e. The highest BCUT2D eigenvalue weighted by atomic mass is 16.7. The quantitative estimate of drug-likeness (QED) is 0.401. The first kappa shape index (κ1) is 18.6. The van der Waals surface area contributed by atoms with Crippen molar-refractivity contribution in [2.24, 2.45) is 5.10 Å². The number of benzene rings is 2. The summed E-state index contributed by atoms with van der Waals surface area (Å²) in [7, 11) is 0. The number of hydrazone groups is 1.